The average Bonchev–Trinajstić information content (AvgIpc) is 4.08. The summed E-state index contributed by atoms with van der Waals surface area (Å²) >= 11 is 16.4. The molecule has 5 aromatic rings. The lowest BCUT2D eigenvalue weighted by Gasteiger charge is -2.35. The van der Waals surface area contributed by atoms with Crippen LogP contribution in [0.4, 0.5) is 4.39 Å². The lowest BCUT2D eigenvalue weighted by molar-refractivity contribution is -0.163. The molecule has 76 heavy (non-hydrogen) atoms. The smallest absolute Gasteiger partial charge is 0.348 e. The summed E-state index contributed by atoms with van der Waals surface area (Å²) in [6.45, 7) is 15.5. The first-order valence-electron chi connectivity index (χ1n) is 26.4. The predicted octanol–water partition coefficient (Wildman–Crippen LogP) is 10.6. The molecule has 3 aromatic heterocycles. The molecule has 2 aromatic carbocycles. The number of likely N-dealkylation sites (N-methyl/N-ethyl adjacent to an activating group) is 1. The van der Waals surface area contributed by atoms with Gasteiger partial charge >= 0.3 is 5.97 Å². The van der Waals surface area contributed by atoms with Crippen LogP contribution < -0.4 is 18.9 Å². The number of benzene rings is 2. The van der Waals surface area contributed by atoms with Crippen LogP contribution in [-0.2, 0) is 36.8 Å². The molecule has 4 atom stereocenters. The lowest BCUT2D eigenvalue weighted by Crippen LogP contribution is -2.49. The Labute approximate surface area is 458 Å². The molecule has 0 saturated carbocycles. The van der Waals surface area contributed by atoms with Crippen LogP contribution in [0, 0.1) is 13.8 Å². The number of aromatic nitrogens is 4. The van der Waals surface area contributed by atoms with Crippen LogP contribution >= 0.6 is 34.5 Å². The van der Waals surface area contributed by atoms with Gasteiger partial charge in [0.15, 0.2) is 11.6 Å². The summed E-state index contributed by atoms with van der Waals surface area (Å²) in [5.41, 5.74) is 4.13. The standard InChI is InChI=1S/C57H67Cl2FN6O9S/c1-34-45-35(2)49(59)50(48(34)58)73-41(27-66-21-19-65(6)20-22-66)31-71-40-11-12-43(72-28-39-15-18-61-52(64-39)37-13-16-57(60,17-14-37)32-69-30-42-29-68-23-24-70-42)38(25-40)26-44(55(67)75-56(3,4)5)74-53-47-46(45)51(36-9-7-8-10-36)76-54(47)63-33-62-53/h9,11-13,15,18,25,33,41-42,44H,7-8,10,14,16-17,19-24,26-32H2,1-6H3/t41-,42+,44-,57-/m1/s1. The fraction of sp³-hybridized carbons (Fsp3) is 0.526. The minimum atomic E-state index is -1.51. The number of alkyl halides is 1. The Balaban J connectivity index is 1.000. The summed E-state index contributed by atoms with van der Waals surface area (Å²) in [6, 6.07) is 7.31. The van der Waals surface area contributed by atoms with Crippen molar-refractivity contribution >= 4 is 61.9 Å². The highest BCUT2D eigenvalue weighted by molar-refractivity contribution is 7.20. The van der Waals surface area contributed by atoms with E-state index in [9.17, 15) is 4.79 Å². The van der Waals surface area contributed by atoms with E-state index >= 15 is 4.39 Å². The Morgan fingerprint density at radius 3 is 2.49 bits per heavy atom. The van der Waals surface area contributed by atoms with Crippen LogP contribution in [0.1, 0.15) is 92.4 Å². The number of thiophene rings is 1. The van der Waals surface area contributed by atoms with E-state index in [1.807, 2.05) is 58.9 Å². The number of piperazine rings is 1. The second-order valence-corrected chi connectivity index (χ2v) is 23.2. The van der Waals surface area contributed by atoms with Gasteiger partial charge in [0.2, 0.25) is 12.0 Å². The molecule has 7 heterocycles. The number of ether oxygens (including phenoxy) is 8. The Bertz CT molecular complexity index is 2960. The number of hydrogen-bond donors (Lipinski definition) is 0. The first-order chi connectivity index (χ1) is 36.6. The highest BCUT2D eigenvalue weighted by Gasteiger charge is 2.36. The second kappa shape index (κ2) is 23.5. The van der Waals surface area contributed by atoms with Gasteiger partial charge < -0.3 is 42.8 Å². The summed E-state index contributed by atoms with van der Waals surface area (Å²) in [5.74, 6) is 1.51. The highest BCUT2D eigenvalue weighted by Crippen LogP contribution is 2.53. The molecule has 0 unspecified atom stereocenters. The zero-order valence-electron chi connectivity index (χ0n) is 44.2. The Morgan fingerprint density at radius 1 is 0.947 bits per heavy atom. The fourth-order valence-corrected chi connectivity index (χ4v) is 12.1. The van der Waals surface area contributed by atoms with Gasteiger partial charge in [-0.25, -0.2) is 29.1 Å². The van der Waals surface area contributed by atoms with Gasteiger partial charge in [0.1, 0.15) is 59.3 Å². The molecule has 2 saturated heterocycles. The van der Waals surface area contributed by atoms with Crippen LogP contribution in [0.15, 0.2) is 48.9 Å². The van der Waals surface area contributed by atoms with Crippen molar-refractivity contribution in [3.8, 4) is 34.3 Å². The third kappa shape index (κ3) is 12.6. The fourth-order valence-electron chi connectivity index (χ4n) is 10.4. The van der Waals surface area contributed by atoms with Gasteiger partial charge in [-0.2, -0.15) is 0 Å². The van der Waals surface area contributed by atoms with Gasteiger partial charge in [0.25, 0.3) is 0 Å². The molecule has 11 rings (SSSR count). The van der Waals surface area contributed by atoms with Gasteiger partial charge in [-0.1, -0.05) is 35.4 Å². The molecule has 4 bridgehead atoms. The van der Waals surface area contributed by atoms with E-state index in [4.69, 9.17) is 76.0 Å². The van der Waals surface area contributed by atoms with Crippen molar-refractivity contribution < 1.29 is 47.1 Å². The number of esters is 1. The van der Waals surface area contributed by atoms with Gasteiger partial charge in [-0.3, -0.25) is 4.90 Å². The van der Waals surface area contributed by atoms with E-state index in [0.717, 1.165) is 78.1 Å². The topological polar surface area (TPSA) is 149 Å². The summed E-state index contributed by atoms with van der Waals surface area (Å²) < 4.78 is 66.0. The number of halogens is 3. The molecule has 2 aliphatic carbocycles. The van der Waals surface area contributed by atoms with Crippen molar-refractivity contribution in [2.24, 2.45) is 0 Å². The maximum Gasteiger partial charge on any atom is 0.348 e. The average molecular weight is 1100 g/mol. The number of nitrogens with zero attached hydrogens (tertiary/aromatic N) is 6. The number of carbonyl (C=O) groups is 1. The minimum absolute atomic E-state index is 0.00766. The molecule has 0 radical (unpaired) electrons. The molecule has 0 spiro atoms. The van der Waals surface area contributed by atoms with Gasteiger partial charge in [-0.15, -0.1) is 11.3 Å². The first kappa shape index (κ1) is 54.4. The SMILES string of the molecule is Cc1c(Cl)c2c(Cl)c(C)c1-c1c(C3=CCCC3)sc3ncnc(c13)O[C@@H](C(=O)OC(C)(C)C)Cc1cc(ccc1OCc1ccnc(C3=CC[C@](F)(COC[C@@H]4COCCO4)CC3)n1)OC[C@@H](CN1CCN(C)CC1)O2. The summed E-state index contributed by atoms with van der Waals surface area (Å²) in [5, 5.41) is 1.43. The van der Waals surface area contributed by atoms with Crippen LogP contribution in [0.2, 0.25) is 10.0 Å². The van der Waals surface area contributed by atoms with Gasteiger partial charge in [0, 0.05) is 67.8 Å². The number of carbonyl (C=O) groups excluding carboxylic acids is 1. The minimum Gasteiger partial charge on any atom is -0.490 e. The first-order valence-corrected chi connectivity index (χ1v) is 27.9. The molecule has 2 fully saturated rings. The monoisotopic (exact) mass is 1100 g/mol. The zero-order valence-corrected chi connectivity index (χ0v) is 46.5. The van der Waals surface area contributed by atoms with Crippen LogP contribution in [0.3, 0.4) is 0 Å². The number of hydrogen-bond acceptors (Lipinski definition) is 16. The maximum absolute atomic E-state index is 15.9. The van der Waals surface area contributed by atoms with Crippen LogP contribution in [-0.4, -0.2) is 145 Å². The van der Waals surface area contributed by atoms with Crippen molar-refractivity contribution in [3.63, 3.8) is 0 Å². The molecule has 15 nitrogen and oxygen atoms in total. The normalized spacial score (nSPS) is 22.8. The second-order valence-electron chi connectivity index (χ2n) is 21.5. The largest absolute Gasteiger partial charge is 0.490 e. The van der Waals surface area contributed by atoms with E-state index in [1.165, 1.54) is 11.9 Å². The number of fused-ring (bicyclic) bond motifs is 7. The van der Waals surface area contributed by atoms with Crippen molar-refractivity contribution in [3.05, 3.63) is 92.1 Å². The van der Waals surface area contributed by atoms with Gasteiger partial charge in [-0.05, 0) is 126 Å². The van der Waals surface area contributed by atoms with E-state index in [2.05, 4.69) is 27.9 Å². The molecule has 4 aliphatic heterocycles. The molecular formula is C57H67Cl2FN6O9S. The number of rotatable bonds is 12. The third-order valence-corrected chi connectivity index (χ3v) is 16.5. The quantitative estimate of drug-likeness (QED) is 0.109. The summed E-state index contributed by atoms with van der Waals surface area (Å²) in [6.07, 6.45) is 9.15. The number of allylic oxidation sites excluding steroid dienone is 4. The van der Waals surface area contributed by atoms with E-state index < -0.39 is 29.4 Å². The van der Waals surface area contributed by atoms with Crippen LogP contribution in [0.5, 0.6) is 23.1 Å². The predicted molar refractivity (Wildman–Crippen MR) is 292 cm³/mol. The Kier molecular flexibility index (Phi) is 16.8. The molecule has 406 valence electrons. The maximum atomic E-state index is 15.9. The van der Waals surface area contributed by atoms with E-state index in [-0.39, 0.29) is 57.7 Å². The van der Waals surface area contributed by atoms with Crippen molar-refractivity contribution in [2.75, 3.05) is 79.4 Å². The van der Waals surface area contributed by atoms with Crippen molar-refractivity contribution in [2.45, 2.75) is 116 Å². The van der Waals surface area contributed by atoms with Gasteiger partial charge in [0.05, 0.1) is 54.2 Å². The third-order valence-electron chi connectivity index (χ3n) is 14.5. The molecule has 0 N–H and O–H groups in total. The molecule has 19 heteroatoms. The summed E-state index contributed by atoms with van der Waals surface area (Å²) in [4.78, 5) is 40.0. The van der Waals surface area contributed by atoms with E-state index in [1.54, 1.807) is 23.6 Å². The molecule has 0 amide bonds. The van der Waals surface area contributed by atoms with Crippen molar-refractivity contribution in [1.29, 1.82) is 0 Å². The zero-order chi connectivity index (χ0) is 53.1. The Morgan fingerprint density at radius 2 is 1.76 bits per heavy atom. The molecule has 6 aliphatic rings. The summed E-state index contributed by atoms with van der Waals surface area (Å²) in [7, 11) is 2.13. The Hall–Kier alpha value is -4.98. The van der Waals surface area contributed by atoms with E-state index in [0.29, 0.717) is 87.4 Å². The van der Waals surface area contributed by atoms with Crippen molar-refractivity contribution in [1.82, 2.24) is 29.7 Å². The highest BCUT2D eigenvalue weighted by atomic mass is 35.5. The molecular weight excluding hydrogens is 1030 g/mol. The lowest BCUT2D eigenvalue weighted by atomic mass is 9.87. The van der Waals surface area contributed by atoms with Crippen LogP contribution in [0.25, 0.3) is 32.5 Å².